The van der Waals surface area contributed by atoms with Crippen molar-refractivity contribution in [1.82, 2.24) is 21.3 Å². The van der Waals surface area contributed by atoms with E-state index in [-0.39, 0.29) is 103 Å². The maximum Gasteiger partial charge on any atom is 0.0575 e. The minimum atomic E-state index is -0.138. The fourth-order valence-corrected chi connectivity index (χ4v) is 9.07. The Balaban J connectivity index is 0. The quantitative estimate of drug-likeness (QED) is 0.153. The second-order valence-electron chi connectivity index (χ2n) is 19.8. The number of hydrogen-bond acceptors (Lipinski definition) is 8. The molecule has 4 aliphatic heterocycles. The number of piperidine rings is 4. The van der Waals surface area contributed by atoms with Crippen LogP contribution in [0.15, 0.2) is 0 Å². The van der Waals surface area contributed by atoms with Crippen LogP contribution in [0.2, 0.25) is 0 Å². The Bertz CT molecular complexity index is 700. The van der Waals surface area contributed by atoms with Crippen molar-refractivity contribution in [2.24, 2.45) is 0 Å². The molecule has 4 heterocycles. The molecule has 0 unspecified atom stereocenters. The van der Waals surface area contributed by atoms with E-state index in [0.29, 0.717) is 0 Å². The SMILES string of the molecule is CC1(C)CC(O)CC(C)(C)N1.CC1(C)CC(O)CC(C)(C)N1.CC1(C)CC(O)CC(C)(C)N1.CC1(C)CC(O)CC(C)(C)N1.Cl.[Ti]. The van der Waals surface area contributed by atoms with Gasteiger partial charge in [0.1, 0.15) is 0 Å². The summed E-state index contributed by atoms with van der Waals surface area (Å²) < 4.78 is 0. The van der Waals surface area contributed by atoms with Crippen LogP contribution in [0.5, 0.6) is 0 Å². The van der Waals surface area contributed by atoms with E-state index in [2.05, 4.69) is 132 Å². The van der Waals surface area contributed by atoms with Gasteiger partial charge in [0, 0.05) is 66.0 Å². The first-order valence-corrected chi connectivity index (χ1v) is 17.1. The van der Waals surface area contributed by atoms with Gasteiger partial charge >= 0.3 is 0 Å². The van der Waals surface area contributed by atoms with Crippen LogP contribution in [-0.2, 0) is 21.7 Å². The number of hydrogen-bond donors (Lipinski definition) is 8. The number of halogens is 1. The monoisotopic (exact) mass is 713 g/mol. The van der Waals surface area contributed by atoms with Gasteiger partial charge in [-0.1, -0.05) is 0 Å². The molecule has 0 amide bonds. The van der Waals surface area contributed by atoms with Gasteiger partial charge in [-0.2, -0.15) is 0 Å². The molecule has 4 rings (SSSR count). The number of aliphatic hydroxyl groups is 4. The van der Waals surface area contributed by atoms with Crippen LogP contribution in [0.3, 0.4) is 0 Å². The van der Waals surface area contributed by atoms with Gasteiger partial charge in [0.15, 0.2) is 0 Å². The molecular formula is C36H77ClN4O4Ti. The summed E-state index contributed by atoms with van der Waals surface area (Å²) in [4.78, 5) is 0. The van der Waals surface area contributed by atoms with E-state index in [0.717, 1.165) is 51.4 Å². The standard InChI is InChI=1S/4C9H19NO.ClH.Ti/c4*1-8(2)5-7(11)6-9(3,4)10-8;;/h4*7,10-11H,5-6H2,1-4H3;1H;. The molecule has 46 heavy (non-hydrogen) atoms. The van der Waals surface area contributed by atoms with Gasteiger partial charge in [-0.05, 0) is 162 Å². The Hall–Kier alpha value is 0.684. The second kappa shape index (κ2) is 17.3. The van der Waals surface area contributed by atoms with Gasteiger partial charge in [-0.15, -0.1) is 12.4 Å². The molecule has 0 aromatic rings. The first-order valence-electron chi connectivity index (χ1n) is 17.1. The predicted molar refractivity (Wildman–Crippen MR) is 193 cm³/mol. The largest absolute Gasteiger partial charge is 0.393 e. The van der Waals surface area contributed by atoms with E-state index in [9.17, 15) is 20.4 Å². The van der Waals surface area contributed by atoms with E-state index in [1.165, 1.54) is 0 Å². The predicted octanol–water partition coefficient (Wildman–Crippen LogP) is 5.57. The molecule has 4 aliphatic rings. The van der Waals surface area contributed by atoms with Crippen LogP contribution < -0.4 is 21.3 Å². The zero-order valence-corrected chi connectivity index (χ0v) is 35.0. The number of aliphatic hydroxyl groups excluding tert-OH is 4. The normalized spacial score (nSPS) is 29.0. The minimum absolute atomic E-state index is 0. The molecule has 276 valence electrons. The summed E-state index contributed by atoms with van der Waals surface area (Å²) in [6.45, 7) is 34.2. The van der Waals surface area contributed by atoms with E-state index < -0.39 is 0 Å². The smallest absolute Gasteiger partial charge is 0.0575 e. The Labute approximate surface area is 305 Å². The first-order chi connectivity index (χ1) is 19.2. The topological polar surface area (TPSA) is 129 Å². The van der Waals surface area contributed by atoms with Crippen molar-refractivity contribution in [3.05, 3.63) is 0 Å². The molecule has 8 N–H and O–H groups in total. The van der Waals surface area contributed by atoms with Gasteiger partial charge in [0.05, 0.1) is 24.4 Å². The summed E-state index contributed by atoms with van der Waals surface area (Å²) in [5.41, 5.74) is 0.676. The van der Waals surface area contributed by atoms with E-state index >= 15 is 0 Å². The molecule has 0 atom stereocenters. The van der Waals surface area contributed by atoms with Crippen molar-refractivity contribution >= 4 is 12.4 Å². The third-order valence-corrected chi connectivity index (χ3v) is 8.67. The maximum atomic E-state index is 9.54. The van der Waals surface area contributed by atoms with Gasteiger partial charge < -0.3 is 41.7 Å². The van der Waals surface area contributed by atoms with Crippen molar-refractivity contribution in [1.29, 1.82) is 0 Å². The third-order valence-electron chi connectivity index (χ3n) is 8.67. The number of nitrogens with one attached hydrogen (secondary N) is 4. The average Bonchev–Trinajstić information content (AvgIpc) is 2.56. The fourth-order valence-electron chi connectivity index (χ4n) is 9.07. The molecule has 0 aliphatic carbocycles. The molecule has 8 nitrogen and oxygen atoms in total. The maximum absolute atomic E-state index is 9.54. The van der Waals surface area contributed by atoms with Crippen molar-refractivity contribution in [3.63, 3.8) is 0 Å². The van der Waals surface area contributed by atoms with Crippen LogP contribution in [0.25, 0.3) is 0 Å². The third kappa shape index (κ3) is 20.4. The van der Waals surface area contributed by atoms with E-state index in [1.54, 1.807) is 0 Å². The van der Waals surface area contributed by atoms with Crippen molar-refractivity contribution in [2.45, 2.75) is 231 Å². The molecule has 0 saturated carbocycles. The van der Waals surface area contributed by atoms with Gasteiger partial charge in [-0.25, -0.2) is 0 Å². The van der Waals surface area contributed by atoms with Crippen molar-refractivity contribution < 1.29 is 42.1 Å². The molecule has 10 heteroatoms. The van der Waals surface area contributed by atoms with Crippen molar-refractivity contribution in [3.8, 4) is 0 Å². The summed E-state index contributed by atoms with van der Waals surface area (Å²) in [7, 11) is 0. The van der Waals surface area contributed by atoms with Crippen LogP contribution in [-0.4, -0.2) is 89.2 Å². The molecule has 4 saturated heterocycles. The zero-order valence-electron chi connectivity index (χ0n) is 32.7. The minimum Gasteiger partial charge on any atom is -0.393 e. The first kappa shape index (κ1) is 48.8. The summed E-state index contributed by atoms with van der Waals surface area (Å²) in [6, 6.07) is 0. The second-order valence-corrected chi connectivity index (χ2v) is 19.8. The van der Waals surface area contributed by atoms with Crippen LogP contribution in [0, 0.1) is 0 Å². The summed E-state index contributed by atoms with van der Waals surface area (Å²) in [5.74, 6) is 0. The Morgan fingerprint density at radius 1 is 0.304 bits per heavy atom. The van der Waals surface area contributed by atoms with E-state index in [4.69, 9.17) is 0 Å². The number of rotatable bonds is 0. The van der Waals surface area contributed by atoms with Crippen LogP contribution in [0.4, 0.5) is 0 Å². The molecule has 0 aromatic carbocycles. The molecule has 0 spiro atoms. The van der Waals surface area contributed by atoms with Gasteiger partial charge in [0.2, 0.25) is 0 Å². The Kier molecular flexibility index (Phi) is 18.3. The molecule has 0 bridgehead atoms. The van der Waals surface area contributed by atoms with E-state index in [1.807, 2.05) is 0 Å². The molecular weight excluding hydrogens is 636 g/mol. The fraction of sp³-hybridized carbons (Fsp3) is 1.00. The Morgan fingerprint density at radius 2 is 0.391 bits per heavy atom. The van der Waals surface area contributed by atoms with Gasteiger partial charge in [0.25, 0.3) is 0 Å². The summed E-state index contributed by atoms with van der Waals surface area (Å²) in [5, 5.41) is 52.2. The Morgan fingerprint density at radius 3 is 0.457 bits per heavy atom. The summed E-state index contributed by atoms with van der Waals surface area (Å²) in [6.07, 6.45) is 6.31. The van der Waals surface area contributed by atoms with Gasteiger partial charge in [-0.3, -0.25) is 0 Å². The van der Waals surface area contributed by atoms with Crippen molar-refractivity contribution in [2.75, 3.05) is 0 Å². The average molecular weight is 713 g/mol. The molecule has 0 radical (unpaired) electrons. The zero-order chi connectivity index (χ0) is 34.8. The molecule has 0 aromatic heterocycles. The van der Waals surface area contributed by atoms with Crippen LogP contribution in [0.1, 0.15) is 162 Å². The molecule has 4 fully saturated rings. The van der Waals surface area contributed by atoms with Crippen LogP contribution >= 0.6 is 12.4 Å². The summed E-state index contributed by atoms with van der Waals surface area (Å²) >= 11 is 0.